The number of aliphatic hydroxyl groups is 1. The Balaban J connectivity index is 1.24. The van der Waals surface area contributed by atoms with Gasteiger partial charge in [-0.2, -0.15) is 5.10 Å². The predicted octanol–water partition coefficient (Wildman–Crippen LogP) is 3.88. The van der Waals surface area contributed by atoms with Crippen LogP contribution in [0.4, 0.5) is 14.7 Å². The third-order valence-corrected chi connectivity index (χ3v) is 8.89. The molecule has 0 radical (unpaired) electrons. The summed E-state index contributed by atoms with van der Waals surface area (Å²) >= 11 is 0. The average Bonchev–Trinajstić information content (AvgIpc) is 3.45. The van der Waals surface area contributed by atoms with Crippen molar-refractivity contribution in [3.05, 3.63) is 30.4 Å². The first-order valence-corrected chi connectivity index (χ1v) is 14.1. The van der Waals surface area contributed by atoms with Gasteiger partial charge in [-0.25, -0.2) is 18.3 Å². The summed E-state index contributed by atoms with van der Waals surface area (Å²) in [7, 11) is 1.66. The van der Waals surface area contributed by atoms with Crippen molar-refractivity contribution < 1.29 is 23.4 Å². The summed E-state index contributed by atoms with van der Waals surface area (Å²) in [4.78, 5) is 18.9. The Bertz CT molecular complexity index is 1380. The van der Waals surface area contributed by atoms with Crippen molar-refractivity contribution in [1.29, 1.82) is 0 Å². The Kier molecular flexibility index (Phi) is 6.81. The lowest BCUT2D eigenvalue weighted by Gasteiger charge is -2.42. The molecule has 40 heavy (non-hydrogen) atoms. The van der Waals surface area contributed by atoms with E-state index in [4.69, 9.17) is 9.84 Å². The fourth-order valence-corrected chi connectivity index (χ4v) is 6.22. The quantitative estimate of drug-likeness (QED) is 0.411. The van der Waals surface area contributed by atoms with E-state index in [1.54, 1.807) is 13.3 Å². The molecule has 0 unspecified atom stereocenters. The number of carbonyl (C=O) groups is 1. The molecule has 1 atom stereocenters. The minimum atomic E-state index is -3.00. The molecule has 1 aliphatic heterocycles. The molecule has 3 fully saturated rings. The summed E-state index contributed by atoms with van der Waals surface area (Å²) in [6.45, 7) is 4.13. The van der Waals surface area contributed by atoms with E-state index in [9.17, 15) is 18.7 Å². The van der Waals surface area contributed by atoms with Crippen molar-refractivity contribution in [1.82, 2.24) is 29.3 Å². The molecule has 0 spiro atoms. The average molecular weight is 558 g/mol. The number of rotatable bonds is 9. The Morgan fingerprint density at radius 2 is 1.98 bits per heavy atom. The number of likely N-dealkylation sites (tertiary alicyclic amines) is 1. The Morgan fingerprint density at radius 3 is 2.62 bits per heavy atom. The highest BCUT2D eigenvalue weighted by Gasteiger charge is 2.66. The first-order chi connectivity index (χ1) is 19.1. The van der Waals surface area contributed by atoms with Gasteiger partial charge in [-0.05, 0) is 51.5 Å². The van der Waals surface area contributed by atoms with Crippen molar-refractivity contribution in [3.8, 4) is 11.1 Å². The Labute approximate surface area is 231 Å². The second kappa shape index (κ2) is 10.1. The second-order valence-electron chi connectivity index (χ2n) is 11.9. The van der Waals surface area contributed by atoms with Crippen LogP contribution < -0.4 is 5.32 Å². The zero-order chi connectivity index (χ0) is 28.2. The van der Waals surface area contributed by atoms with Gasteiger partial charge in [0.2, 0.25) is 11.9 Å². The molecule has 3 aliphatic rings. The van der Waals surface area contributed by atoms with Crippen LogP contribution in [0.15, 0.2) is 24.7 Å². The normalized spacial score (nSPS) is 23.7. The number of nitrogens with zero attached hydrogens (tertiary/aromatic N) is 6. The maximum Gasteiger partial charge on any atom is 0.259 e. The van der Waals surface area contributed by atoms with E-state index in [0.29, 0.717) is 25.6 Å². The standard InChI is InChI=1S/C28H37F2N7O3/c1-17(16-40-3)33-26-31-12-24-22(10-23(37(24)34-26)18-4-6-21(38)7-5-18)19-11-32-36(13-19)20-14-35(15-20)25(39)28(8-9-28)27(2,29)30/h10-13,17-18,20-21,38H,4-9,14-16H2,1-3H3,(H,33,34)/t17-,18?,21?/m0/s1. The van der Waals surface area contributed by atoms with E-state index in [2.05, 4.69) is 21.5 Å². The fourth-order valence-electron chi connectivity index (χ4n) is 6.22. The van der Waals surface area contributed by atoms with Gasteiger partial charge in [0.1, 0.15) is 5.41 Å². The number of anilines is 1. The SMILES string of the molecule is COC[C@H](C)Nc1ncc2c(-c3cnn(C4CN(C(=O)C5(C(C)(F)F)CC5)C4)c3)cc(C3CCC(O)CC3)n2n1. The third kappa shape index (κ3) is 4.74. The summed E-state index contributed by atoms with van der Waals surface area (Å²) in [5, 5.41) is 22.8. The lowest BCUT2D eigenvalue weighted by molar-refractivity contribution is -0.158. The van der Waals surface area contributed by atoms with Crippen molar-refractivity contribution >= 4 is 17.4 Å². The van der Waals surface area contributed by atoms with E-state index in [1.807, 2.05) is 28.5 Å². The smallest absolute Gasteiger partial charge is 0.259 e. The first kappa shape index (κ1) is 27.1. The molecule has 216 valence electrons. The third-order valence-electron chi connectivity index (χ3n) is 8.89. The number of hydrogen-bond donors (Lipinski definition) is 2. The lowest BCUT2D eigenvalue weighted by atomic mass is 9.85. The van der Waals surface area contributed by atoms with Crippen LogP contribution in [-0.2, 0) is 9.53 Å². The lowest BCUT2D eigenvalue weighted by Crippen LogP contribution is -2.55. The zero-order valence-corrected chi connectivity index (χ0v) is 23.2. The number of aliphatic hydroxyl groups excluding tert-OH is 1. The maximum atomic E-state index is 14.1. The molecule has 10 nitrogen and oxygen atoms in total. The molecule has 2 aliphatic carbocycles. The van der Waals surface area contributed by atoms with Gasteiger partial charge in [0.05, 0.1) is 36.7 Å². The number of hydrogen-bond acceptors (Lipinski definition) is 7. The maximum absolute atomic E-state index is 14.1. The minimum absolute atomic E-state index is 0.0382. The molecule has 2 saturated carbocycles. The number of methoxy groups -OCH3 is 1. The highest BCUT2D eigenvalue weighted by atomic mass is 19.3. The van der Waals surface area contributed by atoms with Crippen LogP contribution in [0, 0.1) is 5.41 Å². The molecule has 1 amide bonds. The van der Waals surface area contributed by atoms with E-state index < -0.39 is 17.2 Å². The largest absolute Gasteiger partial charge is 0.393 e. The Hall–Kier alpha value is -3.12. The molecule has 4 heterocycles. The first-order valence-electron chi connectivity index (χ1n) is 14.1. The molecule has 6 rings (SSSR count). The highest BCUT2D eigenvalue weighted by Crippen LogP contribution is 2.58. The Morgan fingerprint density at radius 1 is 1.25 bits per heavy atom. The van der Waals surface area contributed by atoms with E-state index >= 15 is 0 Å². The zero-order valence-electron chi connectivity index (χ0n) is 23.2. The summed E-state index contributed by atoms with van der Waals surface area (Å²) < 4.78 is 37.1. The number of carbonyl (C=O) groups excluding carboxylic acids is 1. The van der Waals surface area contributed by atoms with E-state index in [1.165, 1.54) is 4.90 Å². The van der Waals surface area contributed by atoms with Crippen molar-refractivity contribution in [2.45, 2.75) is 82.4 Å². The molecule has 12 heteroatoms. The fraction of sp³-hybridized carbons (Fsp3) is 0.643. The van der Waals surface area contributed by atoms with Crippen LogP contribution in [0.25, 0.3) is 16.6 Å². The molecule has 3 aromatic heterocycles. The predicted molar refractivity (Wildman–Crippen MR) is 144 cm³/mol. The summed E-state index contributed by atoms with van der Waals surface area (Å²) in [6, 6.07) is 2.13. The van der Waals surface area contributed by atoms with Gasteiger partial charge in [-0.3, -0.25) is 9.48 Å². The molecule has 2 N–H and O–H groups in total. The molecular weight excluding hydrogens is 520 g/mol. The number of fused-ring (bicyclic) bond motifs is 1. The van der Waals surface area contributed by atoms with Crippen molar-refractivity contribution in [3.63, 3.8) is 0 Å². The minimum Gasteiger partial charge on any atom is -0.393 e. The summed E-state index contributed by atoms with van der Waals surface area (Å²) in [5.74, 6) is -2.67. The van der Waals surface area contributed by atoms with Gasteiger partial charge in [0, 0.05) is 62.1 Å². The molecule has 1 saturated heterocycles. The van der Waals surface area contributed by atoms with Crippen LogP contribution in [-0.4, -0.2) is 85.2 Å². The summed E-state index contributed by atoms with van der Waals surface area (Å²) in [6.07, 6.45) is 9.07. The molecule has 3 aromatic rings. The number of aromatic nitrogens is 5. The van der Waals surface area contributed by atoms with Gasteiger partial charge < -0.3 is 20.1 Å². The number of ether oxygens (including phenoxy) is 1. The van der Waals surface area contributed by atoms with Gasteiger partial charge >= 0.3 is 0 Å². The van der Waals surface area contributed by atoms with Gasteiger partial charge in [-0.1, -0.05) is 0 Å². The van der Waals surface area contributed by atoms with Crippen LogP contribution in [0.3, 0.4) is 0 Å². The van der Waals surface area contributed by atoms with Crippen LogP contribution >= 0.6 is 0 Å². The van der Waals surface area contributed by atoms with Gasteiger partial charge in [0.15, 0.2) is 0 Å². The van der Waals surface area contributed by atoms with E-state index in [-0.39, 0.29) is 36.9 Å². The molecule has 0 aromatic carbocycles. The van der Waals surface area contributed by atoms with Crippen LogP contribution in [0.2, 0.25) is 0 Å². The highest BCUT2D eigenvalue weighted by molar-refractivity contribution is 5.87. The number of amides is 1. The number of nitrogens with one attached hydrogen (secondary N) is 1. The van der Waals surface area contributed by atoms with Crippen molar-refractivity contribution in [2.24, 2.45) is 5.41 Å². The summed E-state index contributed by atoms with van der Waals surface area (Å²) in [5.41, 5.74) is 2.28. The topological polar surface area (TPSA) is 110 Å². The van der Waals surface area contributed by atoms with Crippen LogP contribution in [0.5, 0.6) is 0 Å². The monoisotopic (exact) mass is 557 g/mol. The second-order valence-corrected chi connectivity index (χ2v) is 11.9. The number of alkyl halides is 2. The van der Waals surface area contributed by atoms with Crippen LogP contribution in [0.1, 0.15) is 70.0 Å². The molecular formula is C28H37F2N7O3. The molecule has 0 bridgehead atoms. The van der Waals surface area contributed by atoms with Gasteiger partial charge in [-0.15, -0.1) is 5.10 Å². The van der Waals surface area contributed by atoms with Gasteiger partial charge in [0.25, 0.3) is 5.92 Å². The van der Waals surface area contributed by atoms with E-state index in [0.717, 1.165) is 54.9 Å². The van der Waals surface area contributed by atoms with Crippen molar-refractivity contribution in [2.75, 3.05) is 32.1 Å². The number of halogens is 2.